The number of ether oxygens (including phenoxy) is 3. The molecule has 0 saturated carbocycles. The van der Waals surface area contributed by atoms with Gasteiger partial charge in [-0.1, -0.05) is 5.09 Å². The van der Waals surface area contributed by atoms with Gasteiger partial charge >= 0.3 is 14.1 Å². The van der Waals surface area contributed by atoms with E-state index >= 15 is 0 Å². The smallest absolute Gasteiger partial charge is 0.479 e. The van der Waals surface area contributed by atoms with Gasteiger partial charge in [-0.05, 0) is 32.3 Å². The number of carbonyl (C=O) groups is 1. The average Bonchev–Trinajstić information content (AvgIpc) is 3.24. The Hall–Kier alpha value is -2.48. The number of esters is 1. The molecule has 5 N–H and O–H groups in total. The van der Waals surface area contributed by atoms with Gasteiger partial charge in [-0.3, -0.25) is 9.36 Å². The number of nitrogens with two attached hydrogens (primary N) is 1. The number of aliphatic hydroxyl groups is 2. The molecular formula is C18H28N6O8P+. The van der Waals surface area contributed by atoms with Gasteiger partial charge in [0.1, 0.15) is 30.5 Å². The largest absolute Gasteiger partial charge is 0.613 e. The lowest BCUT2D eigenvalue weighted by Crippen LogP contribution is -2.44. The number of aliphatic hydroxyl groups excluding tert-OH is 1. The van der Waals surface area contributed by atoms with Crippen molar-refractivity contribution in [1.29, 1.82) is 0 Å². The fourth-order valence-electron chi connectivity index (χ4n) is 3.32. The molecule has 2 aromatic heterocycles. The molecule has 1 unspecified atom stereocenters. The summed E-state index contributed by atoms with van der Waals surface area (Å²) in [5.74, 6) is -0.518. The summed E-state index contributed by atoms with van der Waals surface area (Å²) in [6.07, 6.45) is -2.56. The molecule has 1 fully saturated rings. The molecule has 3 rings (SSSR count). The first-order valence-corrected chi connectivity index (χ1v) is 11.3. The lowest BCUT2D eigenvalue weighted by atomic mass is 9.96. The summed E-state index contributed by atoms with van der Waals surface area (Å²) in [4.78, 5) is 24.1. The third-order valence-electron chi connectivity index (χ3n) is 4.97. The number of nitrogens with zero attached hydrogens (tertiary/aromatic N) is 4. The van der Waals surface area contributed by atoms with E-state index in [1.807, 2.05) is 0 Å². The van der Waals surface area contributed by atoms with Crippen LogP contribution in [0.5, 0.6) is 5.88 Å². The highest BCUT2D eigenvalue weighted by Crippen LogP contribution is 2.40. The molecule has 0 aromatic carbocycles. The van der Waals surface area contributed by atoms with Crippen molar-refractivity contribution in [2.45, 2.75) is 63.9 Å². The number of methoxy groups -OCH3 is 1. The zero-order valence-electron chi connectivity index (χ0n) is 18.8. The van der Waals surface area contributed by atoms with Gasteiger partial charge in [0.25, 0.3) is 0 Å². The van der Waals surface area contributed by atoms with E-state index in [1.54, 1.807) is 13.8 Å². The van der Waals surface area contributed by atoms with Crippen LogP contribution in [0.2, 0.25) is 0 Å². The summed E-state index contributed by atoms with van der Waals surface area (Å²) >= 11 is 0. The number of nitrogens with one attached hydrogen (secondary N) is 1. The van der Waals surface area contributed by atoms with E-state index in [2.05, 4.69) is 20.0 Å². The van der Waals surface area contributed by atoms with Crippen molar-refractivity contribution in [3.63, 3.8) is 0 Å². The summed E-state index contributed by atoms with van der Waals surface area (Å²) in [7, 11) is -1.09. The standard InChI is InChI=1S/C18H28N6O8P/c1-8(2)31-15(26)9(3)23-33(28)30-6-10-12(25)18(4,27)16(32-10)24-7-20-11-13(24)21-17(19)22-14(11)29-5/h7-10,12,16,25,27H,6H2,1-5H3,(H,23,28)(H2,19,21,22)/q+1/t9-,10+,12+,16+,18+/m0/s1. The highest BCUT2D eigenvalue weighted by molar-refractivity contribution is 7.36. The molecule has 182 valence electrons. The molecule has 0 aliphatic carbocycles. The maximum absolute atomic E-state index is 12.2. The number of hydrogen-bond acceptors (Lipinski definition) is 12. The Morgan fingerprint density at radius 2 is 2.12 bits per heavy atom. The minimum absolute atomic E-state index is 0.0765. The molecule has 3 heterocycles. The van der Waals surface area contributed by atoms with Crippen molar-refractivity contribution in [2.75, 3.05) is 19.5 Å². The van der Waals surface area contributed by atoms with Gasteiger partial charge in [0.15, 0.2) is 17.4 Å². The molecule has 15 heteroatoms. The van der Waals surface area contributed by atoms with Crippen molar-refractivity contribution in [1.82, 2.24) is 24.6 Å². The molecule has 1 saturated heterocycles. The van der Waals surface area contributed by atoms with Crippen molar-refractivity contribution in [2.24, 2.45) is 0 Å². The summed E-state index contributed by atoms with van der Waals surface area (Å²) in [5.41, 5.74) is 4.45. The number of aromatic nitrogens is 4. The van der Waals surface area contributed by atoms with Crippen LogP contribution >= 0.6 is 8.18 Å². The van der Waals surface area contributed by atoms with Gasteiger partial charge in [-0.15, -0.1) is 4.52 Å². The maximum atomic E-state index is 12.2. The quantitative estimate of drug-likeness (QED) is 0.274. The van der Waals surface area contributed by atoms with Gasteiger partial charge in [-0.2, -0.15) is 9.97 Å². The molecule has 2 aromatic rings. The molecule has 0 radical (unpaired) electrons. The number of fused-ring (bicyclic) bond motifs is 1. The molecule has 0 spiro atoms. The van der Waals surface area contributed by atoms with E-state index in [1.165, 1.54) is 31.9 Å². The Labute approximate surface area is 190 Å². The molecule has 6 atom stereocenters. The van der Waals surface area contributed by atoms with Crippen LogP contribution in [-0.2, 0) is 23.4 Å². The fraction of sp³-hybridized carbons (Fsp3) is 0.667. The van der Waals surface area contributed by atoms with E-state index < -0.39 is 44.2 Å². The summed E-state index contributed by atoms with van der Waals surface area (Å²) < 4.78 is 34.8. The molecule has 0 bridgehead atoms. The first-order chi connectivity index (χ1) is 15.4. The van der Waals surface area contributed by atoms with Gasteiger partial charge in [0, 0.05) is 0 Å². The Morgan fingerprint density at radius 3 is 2.76 bits per heavy atom. The molecular weight excluding hydrogens is 459 g/mol. The number of carbonyl (C=O) groups excluding carboxylic acids is 1. The van der Waals surface area contributed by atoms with E-state index in [0.29, 0.717) is 0 Å². The second kappa shape index (κ2) is 9.79. The highest BCUT2D eigenvalue weighted by atomic mass is 31.1. The third kappa shape index (κ3) is 5.21. The Morgan fingerprint density at radius 1 is 1.42 bits per heavy atom. The van der Waals surface area contributed by atoms with Crippen molar-refractivity contribution < 1.29 is 38.3 Å². The lowest BCUT2D eigenvalue weighted by Gasteiger charge is -2.27. The molecule has 0 amide bonds. The number of nitrogen functional groups attached to an aromatic ring is 1. The van der Waals surface area contributed by atoms with Crippen LogP contribution in [0.15, 0.2) is 6.33 Å². The van der Waals surface area contributed by atoms with E-state index in [9.17, 15) is 19.6 Å². The topological polar surface area (TPSA) is 193 Å². The molecule has 14 nitrogen and oxygen atoms in total. The van der Waals surface area contributed by atoms with E-state index in [4.69, 9.17) is 24.5 Å². The predicted molar refractivity (Wildman–Crippen MR) is 114 cm³/mol. The zero-order chi connectivity index (χ0) is 24.5. The fourth-order valence-corrected chi connectivity index (χ4v) is 4.10. The molecule has 33 heavy (non-hydrogen) atoms. The molecule has 1 aliphatic heterocycles. The highest BCUT2D eigenvalue weighted by Gasteiger charge is 2.54. The average molecular weight is 487 g/mol. The Kier molecular flexibility index (Phi) is 7.46. The van der Waals surface area contributed by atoms with Gasteiger partial charge in [0.05, 0.1) is 19.5 Å². The Bertz CT molecular complexity index is 1030. The SMILES string of the molecule is COc1nc(N)nc2c1ncn2[C@@H]1O[C@H](CO[P+](=O)N[C@@H](C)C(=O)OC(C)C)[C@@H](O)[C@@]1(C)O. The molecule has 1 aliphatic rings. The van der Waals surface area contributed by atoms with Crippen LogP contribution in [0, 0.1) is 0 Å². The van der Waals surface area contributed by atoms with Crippen LogP contribution in [0.4, 0.5) is 5.95 Å². The number of hydrogen-bond donors (Lipinski definition) is 4. The maximum Gasteiger partial charge on any atom is 0.613 e. The summed E-state index contributed by atoms with van der Waals surface area (Å²) in [6, 6.07) is -0.876. The van der Waals surface area contributed by atoms with Crippen molar-refractivity contribution >= 4 is 31.3 Å². The van der Waals surface area contributed by atoms with E-state index in [0.717, 1.165) is 0 Å². The van der Waals surface area contributed by atoms with E-state index in [-0.39, 0.29) is 35.7 Å². The third-order valence-corrected chi connectivity index (χ3v) is 5.95. The normalized spacial score (nSPS) is 26.5. The first-order valence-electron chi connectivity index (χ1n) is 10.1. The minimum Gasteiger partial charge on any atom is -0.479 e. The van der Waals surface area contributed by atoms with Crippen LogP contribution in [-0.4, -0.2) is 79.4 Å². The van der Waals surface area contributed by atoms with Gasteiger partial charge in [-0.25, -0.2) is 4.98 Å². The first kappa shape index (κ1) is 25.1. The summed E-state index contributed by atoms with van der Waals surface area (Å²) in [5, 5.41) is 24.1. The monoisotopic (exact) mass is 487 g/mol. The number of rotatable bonds is 9. The van der Waals surface area contributed by atoms with Crippen molar-refractivity contribution in [3.05, 3.63) is 6.33 Å². The number of imidazole rings is 1. The summed E-state index contributed by atoms with van der Waals surface area (Å²) in [6.45, 7) is 5.91. The van der Waals surface area contributed by atoms with Gasteiger partial charge < -0.3 is 30.2 Å². The second-order valence-corrected chi connectivity index (χ2v) is 9.03. The van der Waals surface area contributed by atoms with Crippen LogP contribution in [0.3, 0.4) is 0 Å². The van der Waals surface area contributed by atoms with Crippen LogP contribution in [0.1, 0.15) is 33.9 Å². The predicted octanol–water partition coefficient (Wildman–Crippen LogP) is 0.0301. The van der Waals surface area contributed by atoms with Crippen LogP contribution in [0.25, 0.3) is 11.2 Å². The second-order valence-electron chi connectivity index (χ2n) is 8.00. The lowest BCUT2D eigenvalue weighted by molar-refractivity contribution is -0.149. The number of anilines is 1. The minimum atomic E-state index is -2.49. The zero-order valence-corrected chi connectivity index (χ0v) is 19.7. The van der Waals surface area contributed by atoms with Crippen molar-refractivity contribution in [3.8, 4) is 5.88 Å². The Balaban J connectivity index is 1.70. The van der Waals surface area contributed by atoms with Gasteiger partial charge in [0.2, 0.25) is 11.8 Å². The van der Waals surface area contributed by atoms with Crippen LogP contribution < -0.4 is 15.6 Å².